The number of hydrogen-bond donors (Lipinski definition) is 2. The van der Waals surface area contributed by atoms with E-state index in [0.717, 1.165) is 10.6 Å². The van der Waals surface area contributed by atoms with E-state index in [1.165, 1.54) is 47.8 Å². The molecule has 0 saturated carbocycles. The molecule has 0 atom stereocenters. The van der Waals surface area contributed by atoms with Gasteiger partial charge in [-0.15, -0.1) is 15.3 Å². The summed E-state index contributed by atoms with van der Waals surface area (Å²) in [5.41, 5.74) is 5.58. The SMILES string of the molecule is COC(=O)c1cccc(C2=NN(c3ccc(S(=O)(=O)O)cc3)N(c3nc(C)c(C)s3)N2)c1. The number of esters is 1. The highest BCUT2D eigenvalue weighted by molar-refractivity contribution is 7.85. The van der Waals surface area contributed by atoms with E-state index in [9.17, 15) is 17.8 Å². The third kappa shape index (κ3) is 4.15. The Kier molecular flexibility index (Phi) is 5.59. The molecule has 0 saturated heterocycles. The molecular formula is C20H19N5O5S2. The van der Waals surface area contributed by atoms with Crippen molar-refractivity contribution < 1.29 is 22.5 Å². The van der Waals surface area contributed by atoms with E-state index in [4.69, 9.17) is 4.74 Å². The van der Waals surface area contributed by atoms with Crippen LogP contribution in [0, 0.1) is 13.8 Å². The summed E-state index contributed by atoms with van der Waals surface area (Å²) in [4.78, 5) is 17.3. The fourth-order valence-corrected chi connectivity index (χ4v) is 4.28. The molecule has 2 N–H and O–H groups in total. The van der Waals surface area contributed by atoms with E-state index >= 15 is 0 Å². The van der Waals surface area contributed by atoms with Gasteiger partial charge in [0.25, 0.3) is 10.1 Å². The van der Waals surface area contributed by atoms with Gasteiger partial charge in [0.15, 0.2) is 5.84 Å². The van der Waals surface area contributed by atoms with E-state index in [1.54, 1.807) is 29.4 Å². The highest BCUT2D eigenvalue weighted by atomic mass is 32.2. The predicted molar refractivity (Wildman–Crippen MR) is 120 cm³/mol. The van der Waals surface area contributed by atoms with Crippen molar-refractivity contribution in [1.82, 2.24) is 10.4 Å². The lowest BCUT2D eigenvalue weighted by molar-refractivity contribution is 0.0600. The van der Waals surface area contributed by atoms with Crippen LogP contribution in [0.5, 0.6) is 0 Å². The molecule has 1 aromatic heterocycles. The standard InChI is InChI=1S/C20H19N5O5S2/c1-12-13(2)31-20(21-12)25-23-18(14-5-4-6-15(11-14)19(26)30-3)22-24(25)16-7-9-17(10-8-16)32(27,28)29/h4-11H,1-3H3,(H,22,23)(H,27,28,29). The van der Waals surface area contributed by atoms with Crippen LogP contribution in [0.1, 0.15) is 26.5 Å². The number of carbonyl (C=O) groups is 1. The summed E-state index contributed by atoms with van der Waals surface area (Å²) in [5, 5.41) is 8.36. The lowest BCUT2D eigenvalue weighted by Gasteiger charge is -2.25. The van der Waals surface area contributed by atoms with Crippen molar-refractivity contribution in [3.63, 3.8) is 0 Å². The van der Waals surface area contributed by atoms with Gasteiger partial charge < -0.3 is 4.74 Å². The average molecular weight is 474 g/mol. The van der Waals surface area contributed by atoms with Crippen LogP contribution in [-0.2, 0) is 14.9 Å². The zero-order valence-corrected chi connectivity index (χ0v) is 18.9. The highest BCUT2D eigenvalue weighted by Crippen LogP contribution is 2.31. The second kappa shape index (κ2) is 8.22. The number of anilines is 2. The van der Waals surface area contributed by atoms with Gasteiger partial charge in [0.05, 0.1) is 29.0 Å². The molecule has 166 valence electrons. The molecule has 10 nitrogen and oxygen atoms in total. The highest BCUT2D eigenvalue weighted by Gasteiger charge is 2.29. The molecule has 2 aromatic carbocycles. The van der Waals surface area contributed by atoms with Crippen LogP contribution in [-0.4, -0.2) is 36.9 Å². The zero-order valence-electron chi connectivity index (χ0n) is 17.3. The van der Waals surface area contributed by atoms with Crippen LogP contribution < -0.4 is 15.7 Å². The number of hydrazine groups is 2. The quantitative estimate of drug-likeness (QED) is 0.425. The van der Waals surface area contributed by atoms with Gasteiger partial charge in [0, 0.05) is 10.4 Å². The number of hydrogen-bond acceptors (Lipinski definition) is 10. The van der Waals surface area contributed by atoms with Gasteiger partial charge in [-0.3, -0.25) is 9.98 Å². The molecule has 0 fully saturated rings. The molecule has 32 heavy (non-hydrogen) atoms. The first-order valence-electron chi connectivity index (χ1n) is 9.33. The van der Waals surface area contributed by atoms with Crippen molar-refractivity contribution in [2.45, 2.75) is 18.7 Å². The number of nitrogens with zero attached hydrogens (tertiary/aromatic N) is 4. The van der Waals surface area contributed by atoms with Crippen LogP contribution >= 0.6 is 11.3 Å². The fourth-order valence-electron chi connectivity index (χ4n) is 2.94. The van der Waals surface area contributed by atoms with Crippen LogP contribution in [0.25, 0.3) is 0 Å². The van der Waals surface area contributed by atoms with Crippen molar-refractivity contribution in [3.05, 3.63) is 70.2 Å². The largest absolute Gasteiger partial charge is 0.465 e. The monoisotopic (exact) mass is 473 g/mol. The van der Waals surface area contributed by atoms with Gasteiger partial charge in [-0.25, -0.2) is 9.78 Å². The number of hydrazone groups is 1. The molecule has 12 heteroatoms. The Morgan fingerprint density at radius 1 is 1.16 bits per heavy atom. The summed E-state index contributed by atoms with van der Waals surface area (Å²) in [7, 11) is -3.01. The van der Waals surface area contributed by atoms with Crippen molar-refractivity contribution >= 4 is 44.1 Å². The van der Waals surface area contributed by atoms with Crippen molar-refractivity contribution in [1.29, 1.82) is 0 Å². The molecular weight excluding hydrogens is 454 g/mol. The predicted octanol–water partition coefficient (Wildman–Crippen LogP) is 2.90. The maximum absolute atomic E-state index is 11.9. The first-order valence-corrected chi connectivity index (χ1v) is 11.6. The van der Waals surface area contributed by atoms with Crippen molar-refractivity contribution in [2.75, 3.05) is 17.3 Å². The van der Waals surface area contributed by atoms with Crippen LogP contribution in [0.2, 0.25) is 0 Å². The van der Waals surface area contributed by atoms with Gasteiger partial charge in [0.1, 0.15) is 0 Å². The minimum absolute atomic E-state index is 0.226. The fraction of sp³-hybridized carbons (Fsp3) is 0.150. The van der Waals surface area contributed by atoms with Crippen molar-refractivity contribution in [3.8, 4) is 0 Å². The Bertz CT molecular complexity index is 1300. The molecule has 3 aromatic rings. The lowest BCUT2D eigenvalue weighted by Crippen LogP contribution is -2.44. The van der Waals surface area contributed by atoms with Crippen LogP contribution in [0.3, 0.4) is 0 Å². The Balaban J connectivity index is 1.76. The first kappa shape index (κ1) is 21.7. The lowest BCUT2D eigenvalue weighted by atomic mass is 10.1. The summed E-state index contributed by atoms with van der Waals surface area (Å²) in [6, 6.07) is 12.4. The maximum atomic E-state index is 11.9. The van der Waals surface area contributed by atoms with Crippen LogP contribution in [0.4, 0.5) is 10.8 Å². The van der Waals surface area contributed by atoms with E-state index < -0.39 is 16.1 Å². The summed E-state index contributed by atoms with van der Waals surface area (Å²) < 4.78 is 36.8. The number of methoxy groups -OCH3 is 1. The van der Waals surface area contributed by atoms with Crippen LogP contribution in [0.15, 0.2) is 58.5 Å². The summed E-state index contributed by atoms with van der Waals surface area (Å²) in [6.45, 7) is 3.86. The number of aromatic nitrogens is 1. The number of thiazole rings is 1. The second-order valence-electron chi connectivity index (χ2n) is 6.84. The van der Waals surface area contributed by atoms with E-state index in [1.807, 2.05) is 13.8 Å². The molecule has 0 spiro atoms. The van der Waals surface area contributed by atoms with Crippen molar-refractivity contribution in [2.24, 2.45) is 5.10 Å². The summed E-state index contributed by atoms with van der Waals surface area (Å²) in [6.07, 6.45) is 0. The Hall–Kier alpha value is -3.48. The Morgan fingerprint density at radius 2 is 1.88 bits per heavy atom. The molecule has 0 amide bonds. The van der Waals surface area contributed by atoms with Gasteiger partial charge in [-0.05, 0) is 50.2 Å². The molecule has 1 aliphatic rings. The topological polar surface area (TPSA) is 124 Å². The minimum atomic E-state index is -4.32. The number of aryl methyl sites for hydroxylation is 2. The Labute approximate surface area is 188 Å². The maximum Gasteiger partial charge on any atom is 0.337 e. The summed E-state index contributed by atoms with van der Waals surface area (Å²) >= 11 is 1.45. The number of amidine groups is 1. The third-order valence-corrected chi connectivity index (χ3v) is 6.63. The van der Waals surface area contributed by atoms with E-state index in [-0.39, 0.29) is 4.90 Å². The second-order valence-corrected chi connectivity index (χ2v) is 9.44. The molecule has 4 rings (SSSR count). The zero-order chi connectivity index (χ0) is 23.0. The molecule has 2 heterocycles. The first-order chi connectivity index (χ1) is 15.2. The normalized spacial score (nSPS) is 13.7. The summed E-state index contributed by atoms with van der Waals surface area (Å²) in [5.74, 6) is -0.0220. The number of ether oxygens (including phenoxy) is 1. The molecule has 1 aliphatic heterocycles. The molecule has 0 radical (unpaired) electrons. The minimum Gasteiger partial charge on any atom is -0.465 e. The number of nitrogens with one attached hydrogen (secondary N) is 1. The average Bonchev–Trinajstić information content (AvgIpc) is 3.36. The molecule has 0 unspecified atom stereocenters. The molecule has 0 aliphatic carbocycles. The van der Waals surface area contributed by atoms with Gasteiger partial charge in [-0.2, -0.15) is 8.42 Å². The Morgan fingerprint density at radius 3 is 2.47 bits per heavy atom. The number of rotatable bonds is 5. The van der Waals surface area contributed by atoms with Gasteiger partial charge in [-0.1, -0.05) is 23.5 Å². The number of benzene rings is 2. The van der Waals surface area contributed by atoms with Gasteiger partial charge >= 0.3 is 5.97 Å². The third-order valence-electron chi connectivity index (χ3n) is 4.72. The van der Waals surface area contributed by atoms with E-state index in [0.29, 0.717) is 27.8 Å². The molecule has 0 bridgehead atoms. The number of carbonyl (C=O) groups excluding carboxylic acids is 1. The van der Waals surface area contributed by atoms with Gasteiger partial charge in [0.2, 0.25) is 5.13 Å². The smallest absolute Gasteiger partial charge is 0.337 e. The van der Waals surface area contributed by atoms with E-state index in [2.05, 4.69) is 15.5 Å².